The van der Waals surface area contributed by atoms with E-state index in [0.717, 1.165) is 5.92 Å². The van der Waals surface area contributed by atoms with Gasteiger partial charge >= 0.3 is 0 Å². The van der Waals surface area contributed by atoms with E-state index in [1.54, 1.807) is 0 Å². The highest BCUT2D eigenvalue weighted by Crippen LogP contribution is 2.26. The van der Waals surface area contributed by atoms with E-state index in [-0.39, 0.29) is 6.10 Å². The quantitative estimate of drug-likeness (QED) is 0.606. The van der Waals surface area contributed by atoms with Gasteiger partial charge in [0.15, 0.2) is 0 Å². The molecule has 4 nitrogen and oxygen atoms in total. The lowest BCUT2D eigenvalue weighted by atomic mass is 9.83. The highest BCUT2D eigenvalue weighted by Gasteiger charge is 2.23. The Hall–Kier alpha value is -0.160. The molecule has 0 spiro atoms. The largest absolute Gasteiger partial charge is 0.389 e. The minimum Gasteiger partial charge on any atom is -0.389 e. The van der Waals surface area contributed by atoms with E-state index in [9.17, 15) is 5.11 Å². The van der Waals surface area contributed by atoms with Crippen molar-refractivity contribution in [1.82, 2.24) is 5.32 Å². The molecule has 2 N–H and O–H groups in total. The average Bonchev–Trinajstić information content (AvgIpc) is 2.44. The maximum Gasteiger partial charge on any atom is 0.0897 e. The Morgan fingerprint density at radius 1 is 1.20 bits per heavy atom. The monoisotopic (exact) mass is 287 g/mol. The fourth-order valence-electron chi connectivity index (χ4n) is 2.87. The van der Waals surface area contributed by atoms with E-state index in [0.29, 0.717) is 32.4 Å². The lowest BCUT2D eigenvalue weighted by molar-refractivity contribution is -0.0112. The normalized spacial score (nSPS) is 25.1. The molecule has 3 unspecified atom stereocenters. The summed E-state index contributed by atoms with van der Waals surface area (Å²) in [5.74, 6) is 0.774. The number of aliphatic hydroxyl groups excluding tert-OH is 1. The minimum absolute atomic E-state index is 0.238. The number of aliphatic hydroxyl groups is 1. The van der Waals surface area contributed by atoms with Crippen LogP contribution < -0.4 is 5.32 Å². The van der Waals surface area contributed by atoms with Gasteiger partial charge in [-0.2, -0.15) is 0 Å². The third-order valence-electron chi connectivity index (χ3n) is 4.04. The highest BCUT2D eigenvalue weighted by atomic mass is 16.5. The number of nitrogens with one attached hydrogen (secondary N) is 1. The van der Waals surface area contributed by atoms with Crippen molar-refractivity contribution in [2.24, 2.45) is 5.92 Å². The Labute approximate surface area is 124 Å². The predicted molar refractivity (Wildman–Crippen MR) is 82.0 cm³/mol. The van der Waals surface area contributed by atoms with Crippen molar-refractivity contribution in [3.8, 4) is 0 Å². The Kier molecular flexibility index (Phi) is 9.44. The van der Waals surface area contributed by atoms with Crippen LogP contribution in [0.5, 0.6) is 0 Å². The van der Waals surface area contributed by atoms with Crippen molar-refractivity contribution < 1.29 is 14.6 Å². The fraction of sp³-hybridized carbons (Fsp3) is 1.00. The SMILES string of the molecule is CCC1CCCCC1NCC(O)COCCOC(C)C. The summed E-state index contributed by atoms with van der Waals surface area (Å²) in [6.45, 7) is 8.44. The molecule has 0 aromatic carbocycles. The lowest BCUT2D eigenvalue weighted by Crippen LogP contribution is -2.43. The Morgan fingerprint density at radius 3 is 2.65 bits per heavy atom. The molecule has 0 aliphatic heterocycles. The molecule has 1 aliphatic carbocycles. The molecule has 1 fully saturated rings. The van der Waals surface area contributed by atoms with Crippen molar-refractivity contribution in [3.63, 3.8) is 0 Å². The van der Waals surface area contributed by atoms with Crippen molar-refractivity contribution in [2.45, 2.75) is 71.1 Å². The zero-order valence-electron chi connectivity index (χ0n) is 13.4. The molecule has 0 amide bonds. The van der Waals surface area contributed by atoms with Crippen LogP contribution in [0, 0.1) is 5.92 Å². The van der Waals surface area contributed by atoms with Crippen LogP contribution >= 0.6 is 0 Å². The van der Waals surface area contributed by atoms with Crippen LogP contribution in [0.15, 0.2) is 0 Å². The molecule has 1 rings (SSSR count). The van der Waals surface area contributed by atoms with E-state index in [4.69, 9.17) is 9.47 Å². The standard InChI is InChI=1S/C16H33NO3/c1-4-14-7-5-6-8-16(14)17-11-15(18)12-19-9-10-20-13(2)3/h13-18H,4-12H2,1-3H3. The second kappa shape index (κ2) is 10.6. The molecule has 0 radical (unpaired) electrons. The van der Waals surface area contributed by atoms with E-state index in [1.165, 1.54) is 32.1 Å². The van der Waals surface area contributed by atoms with Gasteiger partial charge in [-0.1, -0.05) is 26.2 Å². The van der Waals surface area contributed by atoms with Gasteiger partial charge in [0.1, 0.15) is 0 Å². The van der Waals surface area contributed by atoms with Crippen LogP contribution in [0.3, 0.4) is 0 Å². The van der Waals surface area contributed by atoms with Gasteiger partial charge in [-0.3, -0.25) is 0 Å². The van der Waals surface area contributed by atoms with E-state index < -0.39 is 6.10 Å². The number of rotatable bonds is 10. The first kappa shape index (κ1) is 17.9. The number of ether oxygens (including phenoxy) is 2. The second-order valence-corrected chi connectivity index (χ2v) is 6.12. The summed E-state index contributed by atoms with van der Waals surface area (Å²) in [6, 6.07) is 0.577. The number of hydrogen-bond donors (Lipinski definition) is 2. The summed E-state index contributed by atoms with van der Waals surface area (Å²) < 4.78 is 10.8. The molecule has 4 heteroatoms. The van der Waals surface area contributed by atoms with Crippen LogP contribution in [0.1, 0.15) is 52.9 Å². The Bertz CT molecular complexity index is 236. The molecular weight excluding hydrogens is 254 g/mol. The van der Waals surface area contributed by atoms with E-state index >= 15 is 0 Å². The van der Waals surface area contributed by atoms with Gasteiger partial charge in [0.05, 0.1) is 32.0 Å². The van der Waals surface area contributed by atoms with Crippen LogP contribution in [0.25, 0.3) is 0 Å². The van der Waals surface area contributed by atoms with Crippen molar-refractivity contribution in [2.75, 3.05) is 26.4 Å². The lowest BCUT2D eigenvalue weighted by Gasteiger charge is -2.32. The molecule has 1 saturated carbocycles. The molecule has 0 bridgehead atoms. The van der Waals surface area contributed by atoms with Gasteiger partial charge in [0.25, 0.3) is 0 Å². The average molecular weight is 287 g/mol. The van der Waals surface area contributed by atoms with Crippen LogP contribution in [-0.2, 0) is 9.47 Å². The molecule has 120 valence electrons. The predicted octanol–water partition coefficient (Wildman–Crippen LogP) is 2.35. The van der Waals surface area contributed by atoms with Gasteiger partial charge in [-0.25, -0.2) is 0 Å². The molecule has 3 atom stereocenters. The molecule has 0 saturated heterocycles. The topological polar surface area (TPSA) is 50.7 Å². The van der Waals surface area contributed by atoms with Gasteiger partial charge in [0.2, 0.25) is 0 Å². The number of hydrogen-bond acceptors (Lipinski definition) is 4. The van der Waals surface area contributed by atoms with E-state index in [1.807, 2.05) is 13.8 Å². The van der Waals surface area contributed by atoms with Gasteiger partial charge in [-0.05, 0) is 32.6 Å². The molecule has 0 heterocycles. The molecule has 1 aliphatic rings. The maximum atomic E-state index is 9.92. The summed E-state index contributed by atoms with van der Waals surface area (Å²) in [5, 5.41) is 13.4. The van der Waals surface area contributed by atoms with Crippen molar-refractivity contribution in [3.05, 3.63) is 0 Å². The van der Waals surface area contributed by atoms with Crippen molar-refractivity contribution in [1.29, 1.82) is 0 Å². The summed E-state index contributed by atoms with van der Waals surface area (Å²) in [6.07, 6.45) is 6.29. The summed E-state index contributed by atoms with van der Waals surface area (Å²) in [5.41, 5.74) is 0. The van der Waals surface area contributed by atoms with Crippen LogP contribution in [0.4, 0.5) is 0 Å². The zero-order valence-corrected chi connectivity index (χ0v) is 13.4. The Balaban J connectivity index is 2.05. The summed E-state index contributed by atoms with van der Waals surface area (Å²) in [4.78, 5) is 0. The van der Waals surface area contributed by atoms with Crippen molar-refractivity contribution >= 4 is 0 Å². The zero-order chi connectivity index (χ0) is 14.8. The smallest absolute Gasteiger partial charge is 0.0897 e. The third kappa shape index (κ3) is 7.58. The maximum absolute atomic E-state index is 9.92. The Morgan fingerprint density at radius 2 is 1.95 bits per heavy atom. The molecule has 20 heavy (non-hydrogen) atoms. The molecule has 0 aromatic rings. The molecular formula is C16H33NO3. The van der Waals surface area contributed by atoms with E-state index in [2.05, 4.69) is 12.2 Å². The summed E-state index contributed by atoms with van der Waals surface area (Å²) in [7, 11) is 0. The van der Waals surface area contributed by atoms with Gasteiger partial charge in [0, 0.05) is 12.6 Å². The first-order chi connectivity index (χ1) is 9.63. The molecule has 0 aromatic heterocycles. The second-order valence-electron chi connectivity index (χ2n) is 6.12. The van der Waals surface area contributed by atoms with Gasteiger partial charge in [-0.15, -0.1) is 0 Å². The first-order valence-corrected chi connectivity index (χ1v) is 8.24. The van der Waals surface area contributed by atoms with Crippen LogP contribution in [-0.4, -0.2) is 49.7 Å². The first-order valence-electron chi connectivity index (χ1n) is 8.24. The fourth-order valence-corrected chi connectivity index (χ4v) is 2.87. The summed E-state index contributed by atoms with van der Waals surface area (Å²) >= 11 is 0. The minimum atomic E-state index is -0.423. The van der Waals surface area contributed by atoms with Gasteiger partial charge < -0.3 is 19.9 Å². The third-order valence-corrected chi connectivity index (χ3v) is 4.04. The highest BCUT2D eigenvalue weighted by molar-refractivity contribution is 4.80. The van der Waals surface area contributed by atoms with Crippen LogP contribution in [0.2, 0.25) is 0 Å².